The van der Waals surface area contributed by atoms with E-state index in [4.69, 9.17) is 10.5 Å². The maximum Gasteiger partial charge on any atom is 0.297 e. The molecule has 1 aromatic heterocycles. The van der Waals surface area contributed by atoms with Crippen LogP contribution in [0, 0.1) is 24.0 Å². The lowest BCUT2D eigenvalue weighted by Gasteiger charge is -2.15. The summed E-state index contributed by atoms with van der Waals surface area (Å²) in [4.78, 5) is 23.4. The molecule has 6 aromatic carbocycles. The Bertz CT molecular complexity index is 4510. The van der Waals surface area contributed by atoms with Gasteiger partial charge in [0.2, 0.25) is 17.8 Å². The second-order valence-electron chi connectivity index (χ2n) is 19.0. The van der Waals surface area contributed by atoms with Gasteiger partial charge in [-0.05, 0) is 116 Å². The minimum absolute atomic E-state index is 0.00954. The third kappa shape index (κ3) is 21.8. The van der Waals surface area contributed by atoms with Crippen molar-refractivity contribution in [1.82, 2.24) is 15.0 Å². The summed E-state index contributed by atoms with van der Waals surface area (Å²) in [5.74, 6) is -2.02. The largest absolute Gasteiger partial charge is 0.491 e. The van der Waals surface area contributed by atoms with Crippen molar-refractivity contribution >= 4 is 149 Å². The summed E-state index contributed by atoms with van der Waals surface area (Å²) in [6.07, 6.45) is -0.235. The minimum Gasteiger partial charge on any atom is -0.491 e. The molecule has 0 bridgehead atoms. The summed E-state index contributed by atoms with van der Waals surface area (Å²) in [5.41, 5.74) is 7.52. The van der Waals surface area contributed by atoms with Crippen molar-refractivity contribution in [3.05, 3.63) is 136 Å². The van der Waals surface area contributed by atoms with Gasteiger partial charge in [-0.2, -0.15) is 67.3 Å². The fourth-order valence-corrected chi connectivity index (χ4v) is 12.6. The number of nitrogen functional groups attached to an aromatic ring is 1. The molecule has 0 spiro atoms. The van der Waals surface area contributed by atoms with Gasteiger partial charge in [0.05, 0.1) is 62.1 Å². The van der Waals surface area contributed by atoms with Gasteiger partial charge in [0.25, 0.3) is 56.3 Å². The third-order valence-corrected chi connectivity index (χ3v) is 18.3. The van der Waals surface area contributed by atoms with Gasteiger partial charge in [0.1, 0.15) is 27.7 Å². The van der Waals surface area contributed by atoms with E-state index in [0.29, 0.717) is 17.2 Å². The molecule has 0 saturated heterocycles. The number of aromatic nitrogens is 3. The maximum absolute atomic E-state index is 12.3. The first-order valence-corrected chi connectivity index (χ1v) is 35.6. The minimum atomic E-state index is -5.07. The molecule has 0 aliphatic heterocycles. The molecular formula is C51H54N14O18S7. The quantitative estimate of drug-likeness (QED) is 0.00371. The molecule has 0 amide bonds. The monoisotopic (exact) mass is 1370 g/mol. The molecule has 7 rings (SSSR count). The number of nitro groups is 1. The predicted octanol–water partition coefficient (Wildman–Crippen LogP) is 11.2. The highest BCUT2D eigenvalue weighted by Crippen LogP contribution is 2.44. The highest BCUT2D eigenvalue weighted by molar-refractivity contribution is 7.99. The van der Waals surface area contributed by atoms with Gasteiger partial charge in [0.15, 0.2) is 0 Å². The molecule has 0 unspecified atom stereocenters. The number of aryl methyl sites for hydroxylation is 2. The second-order valence-corrected chi connectivity index (χ2v) is 28.8. The molecule has 10 N–H and O–H groups in total. The van der Waals surface area contributed by atoms with Crippen molar-refractivity contribution < 1.29 is 74.5 Å². The van der Waals surface area contributed by atoms with Crippen molar-refractivity contribution in [3.8, 4) is 5.75 Å². The first kappa shape index (κ1) is 69.3. The number of non-ortho nitro benzene ring substituents is 1. The molecular weight excluding hydrogens is 1320 g/mol. The molecule has 39 heteroatoms. The smallest absolute Gasteiger partial charge is 0.297 e. The Labute approximate surface area is 523 Å². The zero-order chi connectivity index (χ0) is 65.6. The number of anilines is 6. The maximum atomic E-state index is 12.3. The average molecular weight is 1380 g/mol. The van der Waals surface area contributed by atoms with Crippen LogP contribution in [0.25, 0.3) is 0 Å². The topological polar surface area (TPSA) is 499 Å². The number of nitrogens with zero attached hydrogens (tertiary/aromatic N) is 10. The summed E-state index contributed by atoms with van der Waals surface area (Å²) < 4.78 is 172. The van der Waals surface area contributed by atoms with Gasteiger partial charge in [0, 0.05) is 40.2 Å². The Morgan fingerprint density at radius 3 is 1.69 bits per heavy atom. The fourth-order valence-electron chi connectivity index (χ4n) is 7.66. The first-order chi connectivity index (χ1) is 42.2. The molecule has 0 aliphatic rings. The Balaban J connectivity index is 1.40. The SMILES string of the molecule is Cc1cc(N)c(OCCCS(=O)(=O)O)cc1N=Nc1cc(Nc2nc(NCc3ccccc3)nc(Nc3cccc(S(=O)(=O)O)c3)n2)c(N=Nc2cc(C)c(N=Nc3ccc([N+](=O)[O-])cc3S(=O)(=O)O)cc2SCCCS(=O)(=O)O)cc1SCCCS(=O)(=O)O. The zero-order valence-electron chi connectivity index (χ0n) is 46.9. The van der Waals surface area contributed by atoms with E-state index in [0.717, 1.165) is 53.4 Å². The molecule has 90 heavy (non-hydrogen) atoms. The predicted molar refractivity (Wildman–Crippen MR) is 335 cm³/mol. The molecule has 1 heterocycles. The normalized spacial score (nSPS) is 12.5. The number of nitro benzene ring substituents is 1. The third-order valence-electron chi connectivity index (χ3n) is 11.9. The Morgan fingerprint density at radius 1 is 0.556 bits per heavy atom. The van der Waals surface area contributed by atoms with Crippen LogP contribution >= 0.6 is 23.5 Å². The lowest BCUT2D eigenvalue weighted by Crippen LogP contribution is -2.10. The molecule has 0 atom stereocenters. The van der Waals surface area contributed by atoms with E-state index in [2.05, 4.69) is 61.6 Å². The number of benzene rings is 6. The van der Waals surface area contributed by atoms with Gasteiger partial charge in [-0.25, -0.2) is 0 Å². The van der Waals surface area contributed by atoms with E-state index < -0.39 is 93.9 Å². The van der Waals surface area contributed by atoms with Crippen LogP contribution in [0.2, 0.25) is 0 Å². The van der Waals surface area contributed by atoms with E-state index in [1.54, 1.807) is 13.8 Å². The Morgan fingerprint density at radius 2 is 1.09 bits per heavy atom. The number of thioether (sulfide) groups is 2. The summed E-state index contributed by atoms with van der Waals surface area (Å²) in [6, 6.07) is 25.6. The van der Waals surface area contributed by atoms with Crippen LogP contribution in [0.15, 0.2) is 159 Å². The summed E-state index contributed by atoms with van der Waals surface area (Å²) in [7, 11) is -22.8. The van der Waals surface area contributed by atoms with E-state index in [-0.39, 0.29) is 123 Å². The van der Waals surface area contributed by atoms with Crippen LogP contribution in [-0.4, -0.2) is 120 Å². The molecule has 0 fully saturated rings. The van der Waals surface area contributed by atoms with Crippen LogP contribution in [0.5, 0.6) is 5.75 Å². The van der Waals surface area contributed by atoms with Crippen molar-refractivity contribution in [2.24, 2.45) is 30.7 Å². The highest BCUT2D eigenvalue weighted by atomic mass is 32.2. The summed E-state index contributed by atoms with van der Waals surface area (Å²) in [6.45, 7) is 3.25. The number of nitrogens with two attached hydrogens (primary N) is 1. The number of hydrogen-bond donors (Lipinski definition) is 9. The molecule has 0 saturated carbocycles. The fraction of sp³-hybridized carbons (Fsp3) is 0.235. The number of rotatable bonds is 31. The standard InChI is InChI=1S/C51H54N14O18S7/c1-31-22-37(52)45(83-16-7-19-86(68,69)70)27-39(31)60-64-44-26-41(55-51-57-49(53-30-33-10-4-3-5-11-33)56-50(58-51)54-34-12-6-13-36(24-34)89(77,78)79)42(29-47(44)85-18-9-21-88(74,75)76)62-63-43-23-32(2)40(28-46(43)84-17-8-20-87(71,72)73)61-59-38-15-14-35(65(66)67)25-48(38)90(80,81)82/h3-6,10-15,22-29H,7-9,16-21,30,52H2,1-2H3,(H,68,69,70)(H,71,72,73)(H,74,75,76)(H,77,78,79)(H,80,81,82)(H3,53,54,55,56,57,58). The van der Waals surface area contributed by atoms with E-state index in [1.165, 1.54) is 48.5 Å². The van der Waals surface area contributed by atoms with E-state index in [1.807, 2.05) is 30.3 Å². The second kappa shape index (κ2) is 30.1. The molecule has 7 aromatic rings. The van der Waals surface area contributed by atoms with Crippen LogP contribution in [0.4, 0.5) is 74.7 Å². The number of nitrogens with one attached hydrogen (secondary N) is 3. The summed E-state index contributed by atoms with van der Waals surface area (Å²) >= 11 is 2.10. The average Bonchev–Trinajstić information content (AvgIpc) is 0.946. The zero-order valence-corrected chi connectivity index (χ0v) is 52.6. The highest BCUT2D eigenvalue weighted by Gasteiger charge is 2.22. The van der Waals surface area contributed by atoms with Crippen LogP contribution in [0.1, 0.15) is 36.0 Å². The van der Waals surface area contributed by atoms with Gasteiger partial charge in [-0.15, -0.1) is 44.0 Å². The van der Waals surface area contributed by atoms with Crippen LogP contribution in [-0.2, 0) is 57.1 Å². The number of azo groups is 3. The Kier molecular flexibility index (Phi) is 23.1. The van der Waals surface area contributed by atoms with Crippen LogP contribution < -0.4 is 26.4 Å². The van der Waals surface area contributed by atoms with Crippen molar-refractivity contribution in [2.75, 3.05) is 57.1 Å². The van der Waals surface area contributed by atoms with Crippen molar-refractivity contribution in [1.29, 1.82) is 0 Å². The summed E-state index contributed by atoms with van der Waals surface area (Å²) in [5, 5.41) is 47.1. The van der Waals surface area contributed by atoms with Gasteiger partial charge < -0.3 is 26.4 Å². The lowest BCUT2D eigenvalue weighted by molar-refractivity contribution is -0.385. The molecule has 0 radical (unpaired) electrons. The van der Waals surface area contributed by atoms with E-state index in [9.17, 15) is 75.0 Å². The molecule has 32 nitrogen and oxygen atoms in total. The van der Waals surface area contributed by atoms with Crippen molar-refractivity contribution in [2.45, 2.75) is 59.2 Å². The van der Waals surface area contributed by atoms with Gasteiger partial charge in [-0.3, -0.25) is 32.9 Å². The first-order valence-electron chi connectivity index (χ1n) is 25.9. The molecule has 0 aliphatic carbocycles. The number of hydrogen-bond acceptors (Lipinski definition) is 28. The molecule has 478 valence electrons. The van der Waals surface area contributed by atoms with Crippen molar-refractivity contribution in [3.63, 3.8) is 0 Å². The van der Waals surface area contributed by atoms with E-state index >= 15 is 0 Å². The Hall–Kier alpha value is -8.22. The van der Waals surface area contributed by atoms with Gasteiger partial charge in [-0.1, -0.05) is 36.4 Å². The number of ether oxygens (including phenoxy) is 1. The lowest BCUT2D eigenvalue weighted by atomic mass is 10.1. The van der Waals surface area contributed by atoms with Crippen LogP contribution in [0.3, 0.4) is 0 Å². The van der Waals surface area contributed by atoms with Gasteiger partial charge >= 0.3 is 0 Å².